The minimum absolute atomic E-state index is 0.0451. The molecule has 0 radical (unpaired) electrons. The van der Waals surface area contributed by atoms with E-state index in [0.29, 0.717) is 13.0 Å². The van der Waals surface area contributed by atoms with Crippen molar-refractivity contribution in [2.45, 2.75) is 31.2 Å². The quantitative estimate of drug-likeness (QED) is 0.650. The lowest BCUT2D eigenvalue weighted by molar-refractivity contribution is -0.130. The molecule has 1 aliphatic rings. The number of hydrogen-bond acceptors (Lipinski definition) is 2. The molecule has 1 aliphatic heterocycles. The molecule has 1 amide bonds. The van der Waals surface area contributed by atoms with E-state index in [1.54, 1.807) is 12.0 Å². The molecular weight excluding hydrogens is 190 g/mol. The topological polar surface area (TPSA) is 29.5 Å². The van der Waals surface area contributed by atoms with Crippen LogP contribution in [0, 0.1) is 0 Å². The number of likely N-dealkylation sites (tertiary alicyclic amines) is 1. The molecule has 1 heterocycles. The summed E-state index contributed by atoms with van der Waals surface area (Å²) in [5.74, 6) is 0.0451. The Labute approximate surface area is 84.0 Å². The lowest BCUT2D eigenvalue weighted by Crippen LogP contribution is -2.35. The van der Waals surface area contributed by atoms with Gasteiger partial charge < -0.3 is 9.64 Å². The number of halogens is 1. The first-order valence-corrected chi connectivity index (χ1v) is 5.08. The molecule has 13 heavy (non-hydrogen) atoms. The first-order valence-electron chi connectivity index (χ1n) is 4.64. The molecule has 0 N–H and O–H groups in total. The molecule has 0 aliphatic carbocycles. The number of nitrogens with zero attached hydrogens (tertiary/aromatic N) is 1. The minimum atomic E-state index is -0.365. The van der Waals surface area contributed by atoms with Crippen LogP contribution >= 0.6 is 11.6 Å². The summed E-state index contributed by atoms with van der Waals surface area (Å²) in [6.45, 7) is 3.39. The van der Waals surface area contributed by atoms with Crippen molar-refractivity contribution in [2.24, 2.45) is 0 Å². The number of amides is 1. The second kappa shape index (κ2) is 4.82. The molecule has 0 aromatic carbocycles. The summed E-state index contributed by atoms with van der Waals surface area (Å²) in [6, 6.07) is 0. The molecule has 1 fully saturated rings. The van der Waals surface area contributed by atoms with Gasteiger partial charge in [0, 0.05) is 20.2 Å². The minimum Gasteiger partial charge on any atom is -0.380 e. The largest absolute Gasteiger partial charge is 0.380 e. The highest BCUT2D eigenvalue weighted by Crippen LogP contribution is 2.15. The van der Waals surface area contributed by atoms with Crippen LogP contribution in [0.4, 0.5) is 0 Å². The van der Waals surface area contributed by atoms with Crippen molar-refractivity contribution >= 4 is 17.5 Å². The molecule has 3 nitrogen and oxygen atoms in total. The number of ether oxygens (including phenoxy) is 1. The fourth-order valence-electron chi connectivity index (χ4n) is 1.49. The molecule has 0 saturated carbocycles. The van der Waals surface area contributed by atoms with Gasteiger partial charge in [0.15, 0.2) is 0 Å². The van der Waals surface area contributed by atoms with Gasteiger partial charge >= 0.3 is 0 Å². The molecule has 2 atom stereocenters. The van der Waals surface area contributed by atoms with Crippen molar-refractivity contribution in [3.63, 3.8) is 0 Å². The van der Waals surface area contributed by atoms with Gasteiger partial charge in [-0.1, -0.05) is 6.92 Å². The summed E-state index contributed by atoms with van der Waals surface area (Å²) in [7, 11) is 1.68. The number of carbonyl (C=O) groups is 1. The molecule has 4 heteroatoms. The predicted molar refractivity (Wildman–Crippen MR) is 51.9 cm³/mol. The van der Waals surface area contributed by atoms with Crippen molar-refractivity contribution in [3.05, 3.63) is 0 Å². The Bertz CT molecular complexity index is 186. The number of alkyl halides is 1. The van der Waals surface area contributed by atoms with Crippen LogP contribution in [0.5, 0.6) is 0 Å². The second-order valence-electron chi connectivity index (χ2n) is 3.31. The molecule has 0 bridgehead atoms. The fraction of sp³-hybridized carbons (Fsp3) is 0.889. The van der Waals surface area contributed by atoms with E-state index in [1.807, 2.05) is 6.92 Å². The van der Waals surface area contributed by atoms with E-state index in [2.05, 4.69) is 0 Å². The van der Waals surface area contributed by atoms with Gasteiger partial charge in [-0.25, -0.2) is 0 Å². The summed E-state index contributed by atoms with van der Waals surface area (Å²) in [6.07, 6.45) is 1.81. The highest BCUT2D eigenvalue weighted by atomic mass is 35.5. The Hall–Kier alpha value is -0.280. The van der Waals surface area contributed by atoms with E-state index >= 15 is 0 Å². The van der Waals surface area contributed by atoms with Gasteiger partial charge in [0.1, 0.15) is 5.38 Å². The smallest absolute Gasteiger partial charge is 0.240 e. The van der Waals surface area contributed by atoms with Crippen LogP contribution in [0.1, 0.15) is 19.8 Å². The summed E-state index contributed by atoms with van der Waals surface area (Å²) in [5, 5.41) is -0.365. The molecule has 76 valence electrons. The van der Waals surface area contributed by atoms with Crippen LogP contribution in [0.2, 0.25) is 0 Å². The lowest BCUT2D eigenvalue weighted by atomic mass is 10.3. The van der Waals surface area contributed by atoms with E-state index in [9.17, 15) is 4.79 Å². The van der Waals surface area contributed by atoms with Crippen molar-refractivity contribution in [3.8, 4) is 0 Å². The van der Waals surface area contributed by atoms with Gasteiger partial charge in [-0.15, -0.1) is 11.6 Å². The third kappa shape index (κ3) is 2.58. The monoisotopic (exact) mass is 205 g/mol. The van der Waals surface area contributed by atoms with Crippen molar-refractivity contribution in [1.82, 2.24) is 4.90 Å². The number of rotatable bonds is 3. The SMILES string of the molecule is CC[C@H](Cl)C(=O)N1CC[C@@H](OC)C1. The van der Waals surface area contributed by atoms with E-state index in [4.69, 9.17) is 16.3 Å². The van der Waals surface area contributed by atoms with Crippen LogP contribution in [0.25, 0.3) is 0 Å². The third-order valence-electron chi connectivity index (χ3n) is 2.42. The van der Waals surface area contributed by atoms with Crippen LogP contribution < -0.4 is 0 Å². The van der Waals surface area contributed by atoms with Crippen LogP contribution in [0.3, 0.4) is 0 Å². The number of methoxy groups -OCH3 is 1. The highest BCUT2D eigenvalue weighted by molar-refractivity contribution is 6.30. The highest BCUT2D eigenvalue weighted by Gasteiger charge is 2.28. The predicted octanol–water partition coefficient (Wildman–Crippen LogP) is 1.25. The fourth-order valence-corrected chi connectivity index (χ4v) is 1.63. The standard InChI is InChI=1S/C9H16ClNO2/c1-3-8(10)9(12)11-5-4-7(6-11)13-2/h7-8H,3-6H2,1-2H3/t7-,8+/m1/s1. The van der Waals surface area contributed by atoms with E-state index in [-0.39, 0.29) is 17.4 Å². The average Bonchev–Trinajstić information content (AvgIpc) is 2.63. The maximum absolute atomic E-state index is 11.6. The molecule has 1 saturated heterocycles. The van der Waals surface area contributed by atoms with Gasteiger partial charge in [-0.05, 0) is 12.8 Å². The Morgan fingerprint density at radius 3 is 2.92 bits per heavy atom. The lowest BCUT2D eigenvalue weighted by Gasteiger charge is -2.18. The summed E-state index contributed by atoms with van der Waals surface area (Å²) < 4.78 is 5.17. The van der Waals surface area contributed by atoms with Crippen LogP contribution in [-0.2, 0) is 9.53 Å². The second-order valence-corrected chi connectivity index (χ2v) is 3.83. The average molecular weight is 206 g/mol. The maximum Gasteiger partial charge on any atom is 0.240 e. The van der Waals surface area contributed by atoms with Crippen molar-refractivity contribution in [2.75, 3.05) is 20.2 Å². The molecular formula is C9H16ClNO2. The Kier molecular flexibility index (Phi) is 4.00. The Morgan fingerprint density at radius 1 is 1.77 bits per heavy atom. The van der Waals surface area contributed by atoms with Gasteiger partial charge in [-0.2, -0.15) is 0 Å². The van der Waals surface area contributed by atoms with E-state index in [1.165, 1.54) is 0 Å². The maximum atomic E-state index is 11.6. The summed E-state index contributed by atoms with van der Waals surface area (Å²) in [5.41, 5.74) is 0. The van der Waals surface area contributed by atoms with Crippen molar-refractivity contribution in [1.29, 1.82) is 0 Å². The van der Waals surface area contributed by atoms with E-state index < -0.39 is 0 Å². The molecule has 0 unspecified atom stereocenters. The van der Waals surface area contributed by atoms with Gasteiger partial charge in [0.05, 0.1) is 6.10 Å². The summed E-state index contributed by atoms with van der Waals surface area (Å²) in [4.78, 5) is 13.4. The zero-order chi connectivity index (χ0) is 9.84. The van der Waals surface area contributed by atoms with Crippen LogP contribution in [0.15, 0.2) is 0 Å². The Balaban J connectivity index is 2.41. The summed E-state index contributed by atoms with van der Waals surface area (Å²) >= 11 is 5.85. The first-order chi connectivity index (χ1) is 6.19. The number of carbonyl (C=O) groups excluding carboxylic acids is 1. The van der Waals surface area contributed by atoms with Gasteiger partial charge in [0.2, 0.25) is 5.91 Å². The van der Waals surface area contributed by atoms with Crippen molar-refractivity contribution < 1.29 is 9.53 Å². The zero-order valence-corrected chi connectivity index (χ0v) is 8.88. The third-order valence-corrected chi connectivity index (χ3v) is 2.91. The normalized spacial score (nSPS) is 24.8. The van der Waals surface area contributed by atoms with Gasteiger partial charge in [-0.3, -0.25) is 4.79 Å². The number of hydrogen-bond donors (Lipinski definition) is 0. The first kappa shape index (κ1) is 10.8. The molecule has 0 aromatic heterocycles. The Morgan fingerprint density at radius 2 is 2.46 bits per heavy atom. The van der Waals surface area contributed by atoms with Crippen LogP contribution in [-0.4, -0.2) is 42.5 Å². The van der Waals surface area contributed by atoms with Gasteiger partial charge in [0.25, 0.3) is 0 Å². The molecule has 1 rings (SSSR count). The molecule has 0 aromatic rings. The van der Waals surface area contributed by atoms with E-state index in [0.717, 1.165) is 13.0 Å². The molecule has 0 spiro atoms. The zero-order valence-electron chi connectivity index (χ0n) is 8.12.